The lowest BCUT2D eigenvalue weighted by Crippen LogP contribution is -2.60. The Hall–Kier alpha value is -2.37. The number of nitrogens with zero attached hydrogens (tertiary/aromatic N) is 4. The molecule has 0 radical (unpaired) electrons. The Labute approximate surface area is 154 Å². The monoisotopic (exact) mass is 354 g/mol. The number of likely N-dealkylation sites (tertiary alicyclic amines) is 1. The van der Waals surface area contributed by atoms with Gasteiger partial charge in [0.05, 0.1) is 19.9 Å². The molecule has 1 aromatic carbocycles. The molecule has 1 saturated carbocycles. The third kappa shape index (κ3) is 2.35. The molecule has 138 valence electrons. The van der Waals surface area contributed by atoms with E-state index in [1.54, 1.807) is 11.8 Å². The maximum Gasteiger partial charge on any atom is 0.223 e. The van der Waals surface area contributed by atoms with E-state index in [1.165, 1.54) is 0 Å². The van der Waals surface area contributed by atoms with Gasteiger partial charge in [-0.2, -0.15) is 0 Å². The SMILES string of the molecule is COc1ccccc1-n1cc(CN2C(=O)C[C@@H]3CC[C@@]2(C)C3(C)C)nn1. The zero-order valence-electron chi connectivity index (χ0n) is 15.9. The van der Waals surface area contributed by atoms with Crippen LogP contribution in [-0.4, -0.2) is 38.4 Å². The normalized spacial score (nSPS) is 27.0. The van der Waals surface area contributed by atoms with E-state index in [9.17, 15) is 4.79 Å². The molecule has 1 aromatic heterocycles. The molecule has 0 unspecified atom stereocenters. The minimum absolute atomic E-state index is 0.124. The standard InChI is InChI=1S/C20H26N4O2/c1-19(2)14-9-10-20(19,3)23(18(25)11-14)12-15-13-24(22-21-15)16-7-5-6-8-17(16)26-4/h5-8,13-14H,9-12H2,1-4H3/t14-,20-/m0/s1. The molecule has 2 atom stereocenters. The molecule has 4 rings (SSSR count). The molecule has 2 bridgehead atoms. The lowest BCUT2D eigenvalue weighted by Gasteiger charge is -2.52. The van der Waals surface area contributed by atoms with Crippen LogP contribution in [0.4, 0.5) is 0 Å². The molecule has 6 heteroatoms. The second-order valence-electron chi connectivity index (χ2n) is 8.24. The van der Waals surface area contributed by atoms with Gasteiger partial charge in [-0.05, 0) is 43.2 Å². The molecule has 26 heavy (non-hydrogen) atoms. The van der Waals surface area contributed by atoms with Crippen LogP contribution in [0, 0.1) is 11.3 Å². The second kappa shape index (κ2) is 5.83. The number of carbonyl (C=O) groups is 1. The van der Waals surface area contributed by atoms with E-state index in [0.29, 0.717) is 18.9 Å². The summed E-state index contributed by atoms with van der Waals surface area (Å²) in [5, 5.41) is 8.58. The Morgan fingerprint density at radius 2 is 2.04 bits per heavy atom. The number of fused-ring (bicyclic) bond motifs is 2. The van der Waals surface area contributed by atoms with Crippen molar-refractivity contribution >= 4 is 5.91 Å². The van der Waals surface area contributed by atoms with Crippen molar-refractivity contribution < 1.29 is 9.53 Å². The van der Waals surface area contributed by atoms with Crippen LogP contribution in [0.25, 0.3) is 5.69 Å². The highest BCUT2D eigenvalue weighted by Crippen LogP contribution is 2.57. The summed E-state index contributed by atoms with van der Waals surface area (Å²) in [6.45, 7) is 7.33. The minimum atomic E-state index is -0.124. The van der Waals surface area contributed by atoms with Gasteiger partial charge in [0.25, 0.3) is 0 Å². The number of benzene rings is 1. The van der Waals surface area contributed by atoms with Crippen molar-refractivity contribution in [2.45, 2.75) is 52.1 Å². The highest BCUT2D eigenvalue weighted by Gasteiger charge is 2.59. The molecule has 6 nitrogen and oxygen atoms in total. The molecule has 1 saturated heterocycles. The molecule has 2 heterocycles. The molecule has 2 aliphatic rings. The first-order valence-electron chi connectivity index (χ1n) is 9.22. The molecule has 2 fully saturated rings. The van der Waals surface area contributed by atoms with Crippen molar-refractivity contribution in [3.8, 4) is 11.4 Å². The summed E-state index contributed by atoms with van der Waals surface area (Å²) in [5.41, 5.74) is 1.64. The largest absolute Gasteiger partial charge is 0.494 e. The van der Waals surface area contributed by atoms with Crippen LogP contribution < -0.4 is 4.74 Å². The zero-order chi connectivity index (χ0) is 18.5. The molecule has 1 amide bonds. The maximum absolute atomic E-state index is 12.8. The quantitative estimate of drug-likeness (QED) is 0.846. The van der Waals surface area contributed by atoms with Crippen molar-refractivity contribution in [3.63, 3.8) is 0 Å². The summed E-state index contributed by atoms with van der Waals surface area (Å²) in [5.74, 6) is 1.46. The third-order valence-corrected chi connectivity index (χ3v) is 6.90. The summed E-state index contributed by atoms with van der Waals surface area (Å²) < 4.78 is 7.12. The van der Waals surface area contributed by atoms with Crippen LogP contribution in [-0.2, 0) is 11.3 Å². The summed E-state index contributed by atoms with van der Waals surface area (Å²) in [7, 11) is 1.64. The molecule has 1 aliphatic heterocycles. The van der Waals surface area contributed by atoms with E-state index in [2.05, 4.69) is 31.1 Å². The Bertz CT molecular complexity index is 844. The summed E-state index contributed by atoms with van der Waals surface area (Å²) in [4.78, 5) is 14.8. The van der Waals surface area contributed by atoms with E-state index in [0.717, 1.165) is 30.0 Å². The van der Waals surface area contributed by atoms with Crippen LogP contribution in [0.1, 0.15) is 45.7 Å². The lowest BCUT2D eigenvalue weighted by molar-refractivity contribution is -0.152. The van der Waals surface area contributed by atoms with Crippen LogP contribution >= 0.6 is 0 Å². The number of hydrogen-bond acceptors (Lipinski definition) is 4. The van der Waals surface area contributed by atoms with Gasteiger partial charge in [0.2, 0.25) is 5.91 Å². The van der Waals surface area contributed by atoms with Gasteiger partial charge in [-0.3, -0.25) is 4.79 Å². The summed E-state index contributed by atoms with van der Waals surface area (Å²) in [6.07, 6.45) is 4.71. The minimum Gasteiger partial charge on any atom is -0.494 e. The van der Waals surface area contributed by atoms with E-state index in [1.807, 2.05) is 35.4 Å². The Balaban J connectivity index is 1.62. The van der Waals surface area contributed by atoms with Gasteiger partial charge < -0.3 is 9.64 Å². The Morgan fingerprint density at radius 3 is 2.81 bits per heavy atom. The molecular formula is C20H26N4O2. The number of hydrogen-bond donors (Lipinski definition) is 0. The maximum atomic E-state index is 12.8. The summed E-state index contributed by atoms with van der Waals surface area (Å²) in [6, 6.07) is 7.70. The third-order valence-electron chi connectivity index (χ3n) is 6.90. The van der Waals surface area contributed by atoms with E-state index < -0.39 is 0 Å². The van der Waals surface area contributed by atoms with Crippen molar-refractivity contribution in [2.24, 2.45) is 11.3 Å². The first-order chi connectivity index (χ1) is 12.4. The highest BCUT2D eigenvalue weighted by atomic mass is 16.5. The Kier molecular flexibility index (Phi) is 3.82. The number of aromatic nitrogens is 3. The van der Waals surface area contributed by atoms with Crippen LogP contribution in [0.5, 0.6) is 5.75 Å². The predicted molar refractivity (Wildman–Crippen MR) is 98.0 cm³/mol. The number of rotatable bonds is 4. The van der Waals surface area contributed by atoms with Crippen molar-refractivity contribution in [1.29, 1.82) is 0 Å². The molecule has 2 aromatic rings. The van der Waals surface area contributed by atoms with E-state index >= 15 is 0 Å². The van der Waals surface area contributed by atoms with Crippen LogP contribution in [0.15, 0.2) is 30.5 Å². The lowest BCUT2D eigenvalue weighted by atomic mass is 9.66. The topological polar surface area (TPSA) is 60.2 Å². The van der Waals surface area contributed by atoms with Gasteiger partial charge in [-0.1, -0.05) is 31.2 Å². The van der Waals surface area contributed by atoms with Crippen LogP contribution in [0.2, 0.25) is 0 Å². The predicted octanol–water partition coefficient (Wildman–Crippen LogP) is 3.20. The van der Waals surface area contributed by atoms with Gasteiger partial charge in [0.1, 0.15) is 17.1 Å². The molecular weight excluding hydrogens is 328 g/mol. The fourth-order valence-electron chi connectivity index (χ4n) is 4.75. The fraction of sp³-hybridized carbons (Fsp3) is 0.550. The van der Waals surface area contributed by atoms with Crippen molar-refractivity contribution in [3.05, 3.63) is 36.2 Å². The van der Waals surface area contributed by atoms with Crippen molar-refractivity contribution in [2.75, 3.05) is 7.11 Å². The summed E-state index contributed by atoms with van der Waals surface area (Å²) >= 11 is 0. The van der Waals surface area contributed by atoms with Gasteiger partial charge in [-0.15, -0.1) is 5.10 Å². The van der Waals surface area contributed by atoms with Gasteiger partial charge in [0, 0.05) is 12.0 Å². The first kappa shape index (κ1) is 17.1. The van der Waals surface area contributed by atoms with Gasteiger partial charge in [0.15, 0.2) is 0 Å². The molecule has 0 spiro atoms. The first-order valence-corrected chi connectivity index (χ1v) is 9.22. The van der Waals surface area contributed by atoms with Crippen molar-refractivity contribution in [1.82, 2.24) is 19.9 Å². The van der Waals surface area contributed by atoms with E-state index in [4.69, 9.17) is 4.74 Å². The Morgan fingerprint density at radius 1 is 1.27 bits per heavy atom. The second-order valence-corrected chi connectivity index (χ2v) is 8.24. The molecule has 0 N–H and O–H groups in total. The number of para-hydroxylation sites is 2. The zero-order valence-corrected chi connectivity index (χ0v) is 15.9. The van der Waals surface area contributed by atoms with Crippen LogP contribution in [0.3, 0.4) is 0 Å². The number of ether oxygens (including phenoxy) is 1. The number of amides is 1. The van der Waals surface area contributed by atoms with Gasteiger partial charge >= 0.3 is 0 Å². The number of carbonyl (C=O) groups excluding carboxylic acids is 1. The smallest absolute Gasteiger partial charge is 0.223 e. The number of piperidine rings is 1. The van der Waals surface area contributed by atoms with E-state index in [-0.39, 0.29) is 16.9 Å². The average Bonchev–Trinajstić information content (AvgIpc) is 3.13. The fourth-order valence-corrected chi connectivity index (χ4v) is 4.75. The molecule has 1 aliphatic carbocycles. The van der Waals surface area contributed by atoms with Gasteiger partial charge in [-0.25, -0.2) is 4.68 Å². The average molecular weight is 354 g/mol. The highest BCUT2D eigenvalue weighted by molar-refractivity contribution is 5.79. The number of methoxy groups -OCH3 is 1.